The van der Waals surface area contributed by atoms with E-state index in [0.29, 0.717) is 11.5 Å². The number of nitrogens with zero attached hydrogens (tertiary/aromatic N) is 1. The Hall–Kier alpha value is -3.02. The van der Waals surface area contributed by atoms with E-state index in [1.807, 2.05) is 0 Å². The molecule has 6 heteroatoms. The quantitative estimate of drug-likeness (QED) is 0.519. The number of benzene rings is 2. The number of ether oxygens (including phenoxy) is 2. The first kappa shape index (κ1) is 15.4. The Morgan fingerprint density at radius 2 is 1.50 bits per heavy atom. The van der Waals surface area contributed by atoms with Crippen LogP contribution in [0.1, 0.15) is 11.1 Å². The van der Waals surface area contributed by atoms with Crippen LogP contribution in [0, 0.1) is 10.1 Å². The minimum Gasteiger partial charge on any atom is -0.502 e. The van der Waals surface area contributed by atoms with Crippen LogP contribution in [-0.2, 0) is 0 Å². The summed E-state index contributed by atoms with van der Waals surface area (Å²) in [6.07, 6.45) is 3.60. The summed E-state index contributed by atoms with van der Waals surface area (Å²) in [5, 5.41) is 20.4. The van der Waals surface area contributed by atoms with Crippen LogP contribution < -0.4 is 9.47 Å². The van der Waals surface area contributed by atoms with Gasteiger partial charge in [0.2, 0.25) is 5.75 Å². The molecular formula is C16H15NO5. The number of phenolic OH excluding ortho intramolecular Hbond substituents is 1. The van der Waals surface area contributed by atoms with Crippen molar-refractivity contribution in [1.82, 2.24) is 0 Å². The summed E-state index contributed by atoms with van der Waals surface area (Å²) in [6.45, 7) is 0. The molecule has 0 saturated carbocycles. The predicted molar refractivity (Wildman–Crippen MR) is 83.2 cm³/mol. The monoisotopic (exact) mass is 301 g/mol. The maximum atomic E-state index is 10.6. The highest BCUT2D eigenvalue weighted by Gasteiger charge is 2.09. The molecule has 2 aromatic carbocycles. The highest BCUT2D eigenvalue weighted by molar-refractivity contribution is 5.72. The second kappa shape index (κ2) is 6.62. The van der Waals surface area contributed by atoms with Crippen LogP contribution in [-0.4, -0.2) is 24.2 Å². The molecule has 0 unspecified atom stereocenters. The SMILES string of the molecule is COc1cc(/C=C/c2ccc([N+](=O)[O-])cc2)cc(OC)c1O. The van der Waals surface area contributed by atoms with Crippen LogP contribution in [0.5, 0.6) is 17.2 Å². The summed E-state index contributed by atoms with van der Waals surface area (Å²) in [5.74, 6) is 0.558. The molecule has 0 atom stereocenters. The van der Waals surface area contributed by atoms with Crippen LogP contribution in [0.25, 0.3) is 12.2 Å². The van der Waals surface area contributed by atoms with Gasteiger partial charge in [-0.1, -0.05) is 12.2 Å². The van der Waals surface area contributed by atoms with Crippen molar-refractivity contribution in [2.45, 2.75) is 0 Å². The standard InChI is InChI=1S/C16H15NO5/c1-21-14-9-12(10-15(22-2)16(14)18)4-3-11-5-7-13(8-6-11)17(19)20/h3-10,18H,1-2H3/b4-3+. The molecule has 0 bridgehead atoms. The molecular weight excluding hydrogens is 286 g/mol. The van der Waals surface area contributed by atoms with Crippen LogP contribution in [0.4, 0.5) is 5.69 Å². The Morgan fingerprint density at radius 1 is 1.00 bits per heavy atom. The molecule has 0 radical (unpaired) electrons. The van der Waals surface area contributed by atoms with Crippen molar-refractivity contribution in [2.24, 2.45) is 0 Å². The van der Waals surface area contributed by atoms with Crippen LogP contribution in [0.15, 0.2) is 36.4 Å². The molecule has 0 aliphatic rings. The van der Waals surface area contributed by atoms with Crippen molar-refractivity contribution >= 4 is 17.8 Å². The van der Waals surface area contributed by atoms with Gasteiger partial charge in [0.1, 0.15) is 0 Å². The number of nitro benzene ring substituents is 1. The number of aromatic hydroxyl groups is 1. The zero-order valence-electron chi connectivity index (χ0n) is 12.1. The fourth-order valence-electron chi connectivity index (χ4n) is 1.91. The number of phenols is 1. The van der Waals surface area contributed by atoms with E-state index in [2.05, 4.69) is 0 Å². The first-order valence-electron chi connectivity index (χ1n) is 6.42. The highest BCUT2D eigenvalue weighted by Crippen LogP contribution is 2.37. The fraction of sp³-hybridized carbons (Fsp3) is 0.125. The molecule has 0 saturated heterocycles. The topological polar surface area (TPSA) is 81.8 Å². The third-order valence-corrected chi connectivity index (χ3v) is 3.07. The lowest BCUT2D eigenvalue weighted by Gasteiger charge is -2.09. The molecule has 2 rings (SSSR count). The third kappa shape index (κ3) is 3.35. The number of hydrogen-bond acceptors (Lipinski definition) is 5. The van der Waals surface area contributed by atoms with Gasteiger partial charge in [-0.2, -0.15) is 0 Å². The largest absolute Gasteiger partial charge is 0.502 e. The van der Waals surface area contributed by atoms with Gasteiger partial charge in [-0.15, -0.1) is 0 Å². The maximum Gasteiger partial charge on any atom is 0.269 e. The van der Waals surface area contributed by atoms with Crippen molar-refractivity contribution in [3.63, 3.8) is 0 Å². The van der Waals surface area contributed by atoms with Gasteiger partial charge in [0.25, 0.3) is 5.69 Å². The number of nitro groups is 1. The number of hydrogen-bond donors (Lipinski definition) is 1. The average molecular weight is 301 g/mol. The lowest BCUT2D eigenvalue weighted by Crippen LogP contribution is -1.90. The van der Waals surface area contributed by atoms with Gasteiger partial charge in [-0.3, -0.25) is 10.1 Å². The molecule has 22 heavy (non-hydrogen) atoms. The number of methoxy groups -OCH3 is 2. The molecule has 0 amide bonds. The zero-order valence-corrected chi connectivity index (χ0v) is 12.1. The Balaban J connectivity index is 2.27. The van der Waals surface area contributed by atoms with E-state index in [1.54, 1.807) is 36.4 Å². The van der Waals surface area contributed by atoms with Crippen molar-refractivity contribution in [3.8, 4) is 17.2 Å². The number of rotatable bonds is 5. The summed E-state index contributed by atoms with van der Waals surface area (Å²) in [4.78, 5) is 10.2. The van der Waals surface area contributed by atoms with Crippen LogP contribution in [0.3, 0.4) is 0 Å². The second-order valence-electron chi connectivity index (χ2n) is 4.46. The molecule has 0 aliphatic carbocycles. The molecule has 114 valence electrons. The van der Waals surface area contributed by atoms with E-state index in [0.717, 1.165) is 11.1 Å². The molecule has 6 nitrogen and oxygen atoms in total. The highest BCUT2D eigenvalue weighted by atomic mass is 16.6. The minimum absolute atomic E-state index is 0.0464. The lowest BCUT2D eigenvalue weighted by molar-refractivity contribution is -0.384. The molecule has 2 aromatic rings. The molecule has 0 aliphatic heterocycles. The zero-order chi connectivity index (χ0) is 16.1. The van der Waals surface area contributed by atoms with Crippen molar-refractivity contribution in [1.29, 1.82) is 0 Å². The molecule has 0 spiro atoms. The van der Waals surface area contributed by atoms with E-state index in [-0.39, 0.29) is 11.4 Å². The van der Waals surface area contributed by atoms with Crippen molar-refractivity contribution in [3.05, 3.63) is 57.6 Å². The van der Waals surface area contributed by atoms with Crippen molar-refractivity contribution in [2.75, 3.05) is 14.2 Å². The third-order valence-electron chi connectivity index (χ3n) is 3.07. The maximum absolute atomic E-state index is 10.6. The Labute approximate surface area is 127 Å². The van der Waals surface area contributed by atoms with E-state index < -0.39 is 4.92 Å². The summed E-state index contributed by atoms with van der Waals surface area (Å²) in [7, 11) is 2.91. The first-order valence-corrected chi connectivity index (χ1v) is 6.42. The fourth-order valence-corrected chi connectivity index (χ4v) is 1.91. The molecule has 0 fully saturated rings. The van der Waals surface area contributed by atoms with Gasteiger partial charge in [0.15, 0.2) is 11.5 Å². The lowest BCUT2D eigenvalue weighted by atomic mass is 10.1. The van der Waals surface area contributed by atoms with Gasteiger partial charge in [-0.05, 0) is 35.4 Å². The Morgan fingerprint density at radius 3 is 1.95 bits per heavy atom. The first-order chi connectivity index (χ1) is 10.5. The summed E-state index contributed by atoms with van der Waals surface area (Å²) in [5.41, 5.74) is 1.63. The minimum atomic E-state index is -0.441. The van der Waals surface area contributed by atoms with Crippen LogP contribution in [0.2, 0.25) is 0 Å². The van der Waals surface area contributed by atoms with Gasteiger partial charge in [0.05, 0.1) is 19.1 Å². The molecule has 0 aromatic heterocycles. The van der Waals surface area contributed by atoms with Gasteiger partial charge in [-0.25, -0.2) is 0 Å². The summed E-state index contributed by atoms with van der Waals surface area (Å²) < 4.78 is 10.2. The van der Waals surface area contributed by atoms with E-state index in [4.69, 9.17) is 9.47 Å². The Bertz CT molecular complexity index is 682. The normalized spacial score (nSPS) is 10.6. The van der Waals surface area contributed by atoms with Crippen molar-refractivity contribution < 1.29 is 19.5 Å². The summed E-state index contributed by atoms with van der Waals surface area (Å²) in [6, 6.07) is 9.53. The van der Waals surface area contributed by atoms with E-state index >= 15 is 0 Å². The predicted octanol–water partition coefficient (Wildman–Crippen LogP) is 3.49. The second-order valence-corrected chi connectivity index (χ2v) is 4.46. The van der Waals surface area contributed by atoms with Gasteiger partial charge >= 0.3 is 0 Å². The molecule has 1 N–H and O–H groups in total. The van der Waals surface area contributed by atoms with Crippen LogP contribution >= 0.6 is 0 Å². The Kier molecular flexibility index (Phi) is 4.63. The number of non-ortho nitro benzene ring substituents is 1. The average Bonchev–Trinajstić information content (AvgIpc) is 2.54. The molecule has 0 heterocycles. The van der Waals surface area contributed by atoms with E-state index in [9.17, 15) is 15.2 Å². The van der Waals surface area contributed by atoms with Gasteiger partial charge < -0.3 is 14.6 Å². The van der Waals surface area contributed by atoms with Gasteiger partial charge in [0, 0.05) is 12.1 Å². The summed E-state index contributed by atoms with van der Waals surface area (Å²) >= 11 is 0. The van der Waals surface area contributed by atoms with E-state index in [1.165, 1.54) is 26.4 Å². The smallest absolute Gasteiger partial charge is 0.269 e.